The van der Waals surface area contributed by atoms with Crippen LogP contribution in [0.5, 0.6) is 5.75 Å². The summed E-state index contributed by atoms with van der Waals surface area (Å²) in [6.07, 6.45) is 8.16. The molecule has 0 saturated carbocycles. The monoisotopic (exact) mass is 353 g/mol. The standard InChI is InChI=1S/C20H23N3O3/c1-6-14-9-15-10-16(8-13(3)18(15)21-11-14)26-17(7-2)19(24)23-20(4,5)12-22-25/h1,8-12,17,25H,7H2,2-5H3,(H,23,24)/b22-12+. The number of nitrogens with zero attached hydrogens (tertiary/aromatic N) is 2. The largest absolute Gasteiger partial charge is 0.481 e. The number of carbonyl (C=O) groups is 1. The van der Waals surface area contributed by atoms with Gasteiger partial charge in [-0.2, -0.15) is 0 Å². The molecule has 0 aliphatic carbocycles. The summed E-state index contributed by atoms with van der Waals surface area (Å²) in [4.78, 5) is 16.9. The molecule has 0 fully saturated rings. The Kier molecular flexibility index (Phi) is 5.83. The Bertz CT molecular complexity index is 882. The van der Waals surface area contributed by atoms with Gasteiger partial charge in [-0.05, 0) is 51.0 Å². The van der Waals surface area contributed by atoms with E-state index < -0.39 is 11.6 Å². The van der Waals surface area contributed by atoms with Crippen LogP contribution in [0.25, 0.3) is 10.9 Å². The van der Waals surface area contributed by atoms with Crippen LogP contribution in [0.4, 0.5) is 0 Å². The number of nitrogens with one attached hydrogen (secondary N) is 1. The molecule has 1 unspecified atom stereocenters. The molecule has 1 atom stereocenters. The van der Waals surface area contributed by atoms with Gasteiger partial charge in [0.05, 0.1) is 17.3 Å². The van der Waals surface area contributed by atoms with Crippen LogP contribution in [0.2, 0.25) is 0 Å². The maximum Gasteiger partial charge on any atom is 0.261 e. The highest BCUT2D eigenvalue weighted by atomic mass is 16.5. The van der Waals surface area contributed by atoms with Crippen molar-refractivity contribution < 1.29 is 14.7 Å². The van der Waals surface area contributed by atoms with Crippen LogP contribution in [0, 0.1) is 19.3 Å². The van der Waals surface area contributed by atoms with E-state index in [0.29, 0.717) is 17.7 Å². The van der Waals surface area contributed by atoms with Gasteiger partial charge < -0.3 is 15.3 Å². The summed E-state index contributed by atoms with van der Waals surface area (Å²) < 4.78 is 5.91. The average molecular weight is 353 g/mol. The Morgan fingerprint density at radius 1 is 1.50 bits per heavy atom. The fraction of sp³-hybridized carbons (Fsp3) is 0.350. The minimum Gasteiger partial charge on any atom is -0.481 e. The molecule has 2 aromatic rings. The maximum atomic E-state index is 12.5. The summed E-state index contributed by atoms with van der Waals surface area (Å²) in [6.45, 7) is 7.25. The topological polar surface area (TPSA) is 83.8 Å². The molecule has 0 aliphatic rings. The molecule has 0 radical (unpaired) electrons. The number of benzene rings is 1. The van der Waals surface area contributed by atoms with Crippen LogP contribution in [0.1, 0.15) is 38.3 Å². The Morgan fingerprint density at radius 2 is 2.23 bits per heavy atom. The molecule has 0 bridgehead atoms. The van der Waals surface area contributed by atoms with Gasteiger partial charge in [0.25, 0.3) is 5.91 Å². The molecule has 6 nitrogen and oxygen atoms in total. The second-order valence-corrected chi connectivity index (χ2v) is 6.65. The van der Waals surface area contributed by atoms with Crippen molar-refractivity contribution in [3.8, 4) is 18.1 Å². The van der Waals surface area contributed by atoms with Gasteiger partial charge in [0, 0.05) is 17.1 Å². The van der Waals surface area contributed by atoms with Gasteiger partial charge in [-0.15, -0.1) is 6.42 Å². The molecule has 0 aliphatic heterocycles. The lowest BCUT2D eigenvalue weighted by atomic mass is 10.1. The highest BCUT2D eigenvalue weighted by Gasteiger charge is 2.25. The van der Waals surface area contributed by atoms with Gasteiger partial charge in [0.15, 0.2) is 6.10 Å². The number of ether oxygens (including phenoxy) is 1. The lowest BCUT2D eigenvalue weighted by Crippen LogP contribution is -2.50. The smallest absolute Gasteiger partial charge is 0.261 e. The molecule has 136 valence electrons. The molecule has 2 rings (SSSR count). The molecule has 26 heavy (non-hydrogen) atoms. The zero-order valence-electron chi connectivity index (χ0n) is 15.4. The van der Waals surface area contributed by atoms with Crippen LogP contribution < -0.4 is 10.1 Å². The van der Waals surface area contributed by atoms with Gasteiger partial charge in [-0.3, -0.25) is 9.78 Å². The van der Waals surface area contributed by atoms with Crippen molar-refractivity contribution in [1.29, 1.82) is 0 Å². The van der Waals surface area contributed by atoms with E-state index in [2.05, 4.69) is 21.4 Å². The number of pyridine rings is 1. The third kappa shape index (κ3) is 4.51. The lowest BCUT2D eigenvalue weighted by molar-refractivity contribution is -0.129. The minimum atomic E-state index is -0.784. The Labute approximate surface area is 153 Å². The SMILES string of the molecule is C#Cc1cnc2c(C)cc(OC(CC)C(=O)NC(C)(C)/C=N/O)cc2c1. The first-order valence-corrected chi connectivity index (χ1v) is 8.34. The molecular formula is C20H23N3O3. The number of terminal acetylenes is 1. The zero-order chi connectivity index (χ0) is 19.3. The Hall–Kier alpha value is -3.07. The molecule has 2 N–H and O–H groups in total. The van der Waals surface area contributed by atoms with E-state index in [9.17, 15) is 4.79 Å². The van der Waals surface area contributed by atoms with Crippen molar-refractivity contribution in [2.75, 3.05) is 0 Å². The second kappa shape index (κ2) is 7.87. The van der Waals surface area contributed by atoms with Crippen LogP contribution in [-0.2, 0) is 4.79 Å². The van der Waals surface area contributed by atoms with E-state index in [0.717, 1.165) is 16.5 Å². The average Bonchev–Trinajstić information content (AvgIpc) is 2.58. The molecular weight excluding hydrogens is 330 g/mol. The van der Waals surface area contributed by atoms with Crippen molar-refractivity contribution in [3.05, 3.63) is 35.5 Å². The predicted molar refractivity (Wildman–Crippen MR) is 102 cm³/mol. The summed E-state index contributed by atoms with van der Waals surface area (Å²) in [7, 11) is 0. The molecule has 1 amide bonds. The molecule has 0 spiro atoms. The Morgan fingerprint density at radius 3 is 2.85 bits per heavy atom. The highest BCUT2D eigenvalue weighted by Crippen LogP contribution is 2.25. The van der Waals surface area contributed by atoms with Crippen molar-refractivity contribution >= 4 is 23.0 Å². The van der Waals surface area contributed by atoms with Gasteiger partial charge in [-0.25, -0.2) is 0 Å². The summed E-state index contributed by atoms with van der Waals surface area (Å²) in [5.41, 5.74) is 1.68. The summed E-state index contributed by atoms with van der Waals surface area (Å²) >= 11 is 0. The molecule has 6 heteroatoms. The number of aryl methyl sites for hydroxylation is 1. The van der Waals surface area contributed by atoms with E-state index in [1.165, 1.54) is 6.21 Å². The van der Waals surface area contributed by atoms with Crippen molar-refractivity contribution in [2.45, 2.75) is 45.8 Å². The first-order chi connectivity index (χ1) is 12.3. The van der Waals surface area contributed by atoms with E-state index in [-0.39, 0.29) is 5.91 Å². The van der Waals surface area contributed by atoms with Crippen LogP contribution >= 0.6 is 0 Å². The molecule has 1 heterocycles. The number of carbonyl (C=O) groups excluding carboxylic acids is 1. The maximum absolute atomic E-state index is 12.5. The van der Waals surface area contributed by atoms with Gasteiger partial charge >= 0.3 is 0 Å². The van der Waals surface area contributed by atoms with Gasteiger partial charge in [0.1, 0.15) is 5.75 Å². The number of fused-ring (bicyclic) bond motifs is 1. The lowest BCUT2D eigenvalue weighted by Gasteiger charge is -2.25. The minimum absolute atomic E-state index is 0.286. The zero-order valence-corrected chi connectivity index (χ0v) is 15.4. The van der Waals surface area contributed by atoms with E-state index in [1.54, 1.807) is 20.0 Å². The fourth-order valence-corrected chi connectivity index (χ4v) is 2.61. The third-order valence-corrected chi connectivity index (χ3v) is 3.88. The van der Waals surface area contributed by atoms with Crippen LogP contribution in [0.3, 0.4) is 0 Å². The van der Waals surface area contributed by atoms with E-state index in [1.807, 2.05) is 32.0 Å². The first kappa shape index (κ1) is 19.3. The molecule has 1 aromatic heterocycles. The summed E-state index contributed by atoms with van der Waals surface area (Å²) in [5.74, 6) is 2.85. The van der Waals surface area contributed by atoms with Crippen molar-refractivity contribution in [3.63, 3.8) is 0 Å². The number of hydrogen-bond donors (Lipinski definition) is 2. The van der Waals surface area contributed by atoms with Crippen LogP contribution in [-0.4, -0.2) is 34.0 Å². The molecule has 1 aromatic carbocycles. The van der Waals surface area contributed by atoms with E-state index in [4.69, 9.17) is 16.4 Å². The predicted octanol–water partition coefficient (Wildman–Crippen LogP) is 3.04. The van der Waals surface area contributed by atoms with Crippen molar-refractivity contribution in [2.24, 2.45) is 5.16 Å². The van der Waals surface area contributed by atoms with E-state index >= 15 is 0 Å². The fourth-order valence-electron chi connectivity index (χ4n) is 2.61. The summed E-state index contributed by atoms with van der Waals surface area (Å²) in [5, 5.41) is 15.3. The highest BCUT2D eigenvalue weighted by molar-refractivity contribution is 5.87. The summed E-state index contributed by atoms with van der Waals surface area (Å²) in [6, 6.07) is 5.54. The third-order valence-electron chi connectivity index (χ3n) is 3.88. The second-order valence-electron chi connectivity index (χ2n) is 6.65. The number of hydrogen-bond acceptors (Lipinski definition) is 5. The first-order valence-electron chi connectivity index (χ1n) is 8.34. The normalized spacial score (nSPS) is 12.7. The number of aromatic nitrogens is 1. The van der Waals surface area contributed by atoms with Gasteiger partial charge in [-0.1, -0.05) is 18.0 Å². The van der Waals surface area contributed by atoms with Crippen LogP contribution in [0.15, 0.2) is 29.6 Å². The number of oxime groups is 1. The number of rotatable bonds is 6. The molecule has 0 saturated heterocycles. The van der Waals surface area contributed by atoms with Crippen molar-refractivity contribution in [1.82, 2.24) is 10.3 Å². The quantitative estimate of drug-likeness (QED) is 0.362. The number of amides is 1. The van der Waals surface area contributed by atoms with Gasteiger partial charge in [0.2, 0.25) is 0 Å². The Balaban J connectivity index is 2.27.